The van der Waals surface area contributed by atoms with E-state index < -0.39 is 0 Å². The molecule has 0 aliphatic rings. The van der Waals surface area contributed by atoms with Gasteiger partial charge in [-0.15, -0.1) is 0 Å². The fraction of sp³-hybridized carbons (Fsp3) is 0.625. The molecule has 0 radical (unpaired) electrons. The quantitative estimate of drug-likeness (QED) is 0.342. The van der Waals surface area contributed by atoms with Crippen LogP contribution in [0.2, 0.25) is 6.32 Å². The minimum absolute atomic E-state index is 0.277. The lowest BCUT2D eigenvalue weighted by atomic mass is 9.92. The molecule has 0 spiro atoms. The van der Waals surface area contributed by atoms with E-state index in [0.717, 1.165) is 19.2 Å². The summed E-state index contributed by atoms with van der Waals surface area (Å²) in [4.78, 5) is 10.8. The number of carbonyl (C=O) groups excluding carboxylic acids is 1. The third-order valence-corrected chi connectivity index (χ3v) is 1.33. The third kappa shape index (κ3) is 5.71. The number of carbonyl (C=O) groups is 1. The van der Waals surface area contributed by atoms with Crippen LogP contribution in [0.15, 0.2) is 12.2 Å². The molecule has 0 aliphatic heterocycles. The van der Waals surface area contributed by atoms with Crippen LogP contribution in [-0.2, 0) is 9.45 Å². The highest BCUT2D eigenvalue weighted by molar-refractivity contribution is 6.31. The summed E-state index contributed by atoms with van der Waals surface area (Å²) in [5.41, 5.74) is 0.474. The molecule has 11 heavy (non-hydrogen) atoms. The molecule has 0 unspecified atom stereocenters. The highest BCUT2D eigenvalue weighted by atomic mass is 16.5. The molecule has 0 saturated carbocycles. The van der Waals surface area contributed by atoms with Gasteiger partial charge in [0, 0.05) is 5.57 Å². The molecule has 62 valence electrons. The van der Waals surface area contributed by atoms with Gasteiger partial charge in [0.25, 0.3) is 0 Å². The smallest absolute Gasteiger partial charge is 0.344 e. The van der Waals surface area contributed by atoms with Gasteiger partial charge in [-0.05, 0) is 13.2 Å². The largest absolute Gasteiger partial charge is 0.537 e. The minimum atomic E-state index is -0.277. The first-order valence-corrected chi connectivity index (χ1v) is 4.01. The lowest BCUT2D eigenvalue weighted by Crippen LogP contribution is -2.08. The van der Waals surface area contributed by atoms with Crippen molar-refractivity contribution in [2.45, 2.75) is 33.0 Å². The second-order valence-electron chi connectivity index (χ2n) is 2.62. The summed E-state index contributed by atoms with van der Waals surface area (Å²) < 4.78 is 4.87. The van der Waals surface area contributed by atoms with Crippen molar-refractivity contribution in [3.8, 4) is 0 Å². The Morgan fingerprint density at radius 1 is 1.64 bits per heavy atom. The van der Waals surface area contributed by atoms with Crippen molar-refractivity contribution in [1.29, 1.82) is 0 Å². The lowest BCUT2D eigenvalue weighted by molar-refractivity contribution is -0.130. The highest BCUT2D eigenvalue weighted by Gasteiger charge is 2.02. The summed E-state index contributed by atoms with van der Waals surface area (Å²) in [6.45, 7) is 7.25. The van der Waals surface area contributed by atoms with Gasteiger partial charge in [-0.3, -0.25) is 0 Å². The molecular weight excluding hydrogens is 139 g/mol. The normalized spacial score (nSPS) is 8.91. The molecule has 0 atom stereocenters. The Morgan fingerprint density at radius 2 is 2.27 bits per heavy atom. The Kier molecular flexibility index (Phi) is 5.62. The van der Waals surface area contributed by atoms with Crippen LogP contribution in [-0.4, -0.2) is 13.5 Å². The number of rotatable bonds is 5. The summed E-state index contributed by atoms with van der Waals surface area (Å²) in [6, 6.07) is 0. The molecule has 3 heteroatoms. The van der Waals surface area contributed by atoms with E-state index in [1.54, 1.807) is 6.92 Å². The molecule has 0 N–H and O–H groups in total. The summed E-state index contributed by atoms with van der Waals surface area (Å²) >= 11 is 0. The van der Waals surface area contributed by atoms with E-state index >= 15 is 0 Å². The maximum absolute atomic E-state index is 10.8. The van der Waals surface area contributed by atoms with E-state index in [2.05, 4.69) is 13.5 Å². The van der Waals surface area contributed by atoms with E-state index in [1.165, 1.54) is 0 Å². The second-order valence-corrected chi connectivity index (χ2v) is 2.62. The van der Waals surface area contributed by atoms with Crippen molar-refractivity contribution in [2.24, 2.45) is 0 Å². The average Bonchev–Trinajstić information content (AvgIpc) is 1.97. The minimum Gasteiger partial charge on any atom is -0.537 e. The average molecular weight is 154 g/mol. The predicted molar refractivity (Wildman–Crippen MR) is 47.8 cm³/mol. The van der Waals surface area contributed by atoms with Gasteiger partial charge in [0.1, 0.15) is 0 Å². The molecule has 0 heterocycles. The van der Waals surface area contributed by atoms with Crippen LogP contribution in [0.4, 0.5) is 0 Å². The first-order chi connectivity index (χ1) is 5.18. The van der Waals surface area contributed by atoms with Gasteiger partial charge in [-0.2, -0.15) is 0 Å². The zero-order valence-electron chi connectivity index (χ0n) is 7.35. The lowest BCUT2D eigenvalue weighted by Gasteiger charge is -2.01. The van der Waals surface area contributed by atoms with Crippen LogP contribution in [0, 0.1) is 0 Å². The monoisotopic (exact) mass is 154 g/mol. The number of unbranched alkanes of at least 4 members (excludes halogenated alkanes) is 1. The molecule has 0 fully saturated rings. The topological polar surface area (TPSA) is 26.3 Å². The predicted octanol–water partition coefficient (Wildman–Crippen LogP) is 1.68. The fourth-order valence-corrected chi connectivity index (χ4v) is 0.640. The molecule has 0 aromatic heterocycles. The van der Waals surface area contributed by atoms with Crippen LogP contribution in [0.3, 0.4) is 0 Å². The zero-order chi connectivity index (χ0) is 8.69. The summed E-state index contributed by atoms with van der Waals surface area (Å²) in [7, 11) is 0.527. The zero-order valence-corrected chi connectivity index (χ0v) is 7.35. The van der Waals surface area contributed by atoms with Gasteiger partial charge in [-0.25, -0.2) is 4.79 Å². The first-order valence-electron chi connectivity index (χ1n) is 4.01. The van der Waals surface area contributed by atoms with Crippen LogP contribution in [0.5, 0.6) is 0 Å². The third-order valence-electron chi connectivity index (χ3n) is 1.33. The van der Waals surface area contributed by atoms with Gasteiger partial charge in [0.2, 0.25) is 0 Å². The number of hydrogen-bond acceptors (Lipinski definition) is 2. The molecule has 2 nitrogen and oxygen atoms in total. The van der Waals surface area contributed by atoms with Crippen molar-refractivity contribution in [2.75, 3.05) is 0 Å². The Labute approximate surface area is 68.9 Å². The first kappa shape index (κ1) is 10.3. The van der Waals surface area contributed by atoms with Gasteiger partial charge in [0.05, 0.1) is 0 Å². The molecule has 0 aliphatic carbocycles. The van der Waals surface area contributed by atoms with Crippen LogP contribution >= 0.6 is 0 Å². The number of hydrogen-bond donors (Lipinski definition) is 0. The van der Waals surface area contributed by atoms with Crippen molar-refractivity contribution in [1.82, 2.24) is 0 Å². The van der Waals surface area contributed by atoms with Crippen molar-refractivity contribution in [3.63, 3.8) is 0 Å². The van der Waals surface area contributed by atoms with Crippen molar-refractivity contribution >= 4 is 13.5 Å². The molecule has 0 aromatic carbocycles. The van der Waals surface area contributed by atoms with Crippen LogP contribution in [0.25, 0.3) is 0 Å². The van der Waals surface area contributed by atoms with E-state index in [0.29, 0.717) is 13.1 Å². The SMILES string of the molecule is C=C(C)C(=O)OBCCCC. The Morgan fingerprint density at radius 3 is 2.73 bits per heavy atom. The van der Waals surface area contributed by atoms with E-state index in [-0.39, 0.29) is 5.97 Å². The summed E-state index contributed by atoms with van der Waals surface area (Å²) in [5, 5.41) is 0. The van der Waals surface area contributed by atoms with Crippen LogP contribution in [0.1, 0.15) is 26.7 Å². The summed E-state index contributed by atoms with van der Waals surface area (Å²) in [6.07, 6.45) is 3.21. The maximum Gasteiger partial charge on any atom is 0.344 e. The van der Waals surface area contributed by atoms with E-state index in [9.17, 15) is 4.79 Å². The standard InChI is InChI=1S/C8H15BO2/c1-4-5-6-9-11-8(10)7(2)3/h9H,2,4-6H2,1,3H3. The van der Waals surface area contributed by atoms with E-state index in [1.807, 2.05) is 0 Å². The molecule has 0 rings (SSSR count). The van der Waals surface area contributed by atoms with E-state index in [4.69, 9.17) is 4.65 Å². The second kappa shape index (κ2) is 6.02. The Balaban J connectivity index is 3.25. The fourth-order valence-electron chi connectivity index (χ4n) is 0.640. The Bertz CT molecular complexity index is 143. The summed E-state index contributed by atoms with van der Waals surface area (Å²) in [5.74, 6) is -0.277. The van der Waals surface area contributed by atoms with Gasteiger partial charge < -0.3 is 4.65 Å². The van der Waals surface area contributed by atoms with Gasteiger partial charge in [-0.1, -0.05) is 26.3 Å². The van der Waals surface area contributed by atoms with Crippen molar-refractivity contribution in [3.05, 3.63) is 12.2 Å². The molecular formula is C8H15BO2. The molecule has 0 bridgehead atoms. The Hall–Kier alpha value is -0.725. The maximum atomic E-state index is 10.8. The molecule has 0 amide bonds. The molecule has 0 saturated heterocycles. The van der Waals surface area contributed by atoms with Crippen molar-refractivity contribution < 1.29 is 9.45 Å². The van der Waals surface area contributed by atoms with Gasteiger partial charge >= 0.3 is 13.5 Å². The van der Waals surface area contributed by atoms with Gasteiger partial charge in [0.15, 0.2) is 0 Å². The highest BCUT2D eigenvalue weighted by Crippen LogP contribution is 1.96. The van der Waals surface area contributed by atoms with Crippen LogP contribution < -0.4 is 0 Å². The molecule has 0 aromatic rings.